The van der Waals surface area contributed by atoms with Gasteiger partial charge in [0.2, 0.25) is 0 Å². The molecule has 218 valence electrons. The highest BCUT2D eigenvalue weighted by Gasteiger charge is 2.89. The number of epoxide rings is 1. The molecule has 0 aromatic carbocycles. The number of fused-ring (bicyclic) bond motifs is 5. The second kappa shape index (κ2) is 7.58. The van der Waals surface area contributed by atoms with E-state index in [1.165, 1.54) is 6.92 Å². The molecule has 9 heteroatoms. The molecule has 0 radical (unpaired) electrons. The number of hydrogen-bond acceptors (Lipinski definition) is 9. The van der Waals surface area contributed by atoms with E-state index in [9.17, 15) is 14.4 Å². The summed E-state index contributed by atoms with van der Waals surface area (Å²) in [4.78, 5) is 40.1. The molecule has 1 spiro atoms. The van der Waals surface area contributed by atoms with E-state index in [1.54, 1.807) is 12.5 Å². The summed E-state index contributed by atoms with van der Waals surface area (Å²) in [6.45, 7) is 15.6. The normalized spacial score (nSPS) is 51.4. The maximum atomic E-state index is 13.9. The van der Waals surface area contributed by atoms with Gasteiger partial charge in [-0.3, -0.25) is 9.59 Å². The number of ether oxygens (including phenoxy) is 5. The van der Waals surface area contributed by atoms with Crippen molar-refractivity contribution in [3.05, 3.63) is 24.2 Å². The van der Waals surface area contributed by atoms with Crippen LogP contribution >= 0.6 is 0 Å². The minimum atomic E-state index is -0.940. The first-order valence-corrected chi connectivity index (χ1v) is 14.5. The van der Waals surface area contributed by atoms with E-state index in [1.807, 2.05) is 33.8 Å². The van der Waals surface area contributed by atoms with Crippen molar-refractivity contribution in [2.45, 2.75) is 117 Å². The van der Waals surface area contributed by atoms with Gasteiger partial charge in [-0.1, -0.05) is 34.6 Å². The van der Waals surface area contributed by atoms with Gasteiger partial charge in [0.25, 0.3) is 0 Å². The number of carbonyl (C=O) groups excluding carboxylic acids is 3. The van der Waals surface area contributed by atoms with Crippen LogP contribution in [-0.4, -0.2) is 53.5 Å². The van der Waals surface area contributed by atoms with Gasteiger partial charge < -0.3 is 28.1 Å². The van der Waals surface area contributed by atoms with E-state index in [-0.39, 0.29) is 17.6 Å². The maximum Gasteiger partial charge on any atom is 0.339 e. The molecule has 40 heavy (non-hydrogen) atoms. The Morgan fingerprint density at radius 2 is 1.70 bits per heavy atom. The Balaban J connectivity index is 1.43. The first kappa shape index (κ1) is 26.7. The first-order chi connectivity index (χ1) is 18.6. The molecule has 3 saturated carbocycles. The smallest absolute Gasteiger partial charge is 0.339 e. The molecule has 9 nitrogen and oxygen atoms in total. The van der Waals surface area contributed by atoms with Crippen molar-refractivity contribution in [3.63, 3.8) is 0 Å². The Kier molecular flexibility index (Phi) is 5.05. The number of carbonyl (C=O) groups is 3. The molecule has 6 aliphatic rings. The minimum absolute atomic E-state index is 0.0244. The fourth-order valence-corrected chi connectivity index (χ4v) is 10.7. The molecule has 7 rings (SSSR count). The van der Waals surface area contributed by atoms with Crippen molar-refractivity contribution in [2.75, 3.05) is 0 Å². The molecule has 0 N–H and O–H groups in total. The predicted molar refractivity (Wildman–Crippen MR) is 138 cm³/mol. The molecule has 11 atom stereocenters. The van der Waals surface area contributed by atoms with E-state index < -0.39 is 75.5 Å². The zero-order valence-electron chi connectivity index (χ0n) is 24.6. The number of cyclic esters (lactones) is 1. The average molecular weight is 557 g/mol. The Hall–Kier alpha value is -2.23. The Labute approximate surface area is 234 Å². The van der Waals surface area contributed by atoms with Crippen molar-refractivity contribution < 1.29 is 42.5 Å². The third-order valence-electron chi connectivity index (χ3n) is 12.2. The molecule has 4 unspecified atom stereocenters. The van der Waals surface area contributed by atoms with Crippen LogP contribution in [0.3, 0.4) is 0 Å². The van der Waals surface area contributed by atoms with Gasteiger partial charge in [0.15, 0.2) is 17.7 Å². The van der Waals surface area contributed by atoms with Crippen LogP contribution in [0.5, 0.6) is 0 Å². The lowest BCUT2D eigenvalue weighted by Crippen LogP contribution is -2.76. The highest BCUT2D eigenvalue weighted by Crippen LogP contribution is 2.80. The Morgan fingerprint density at radius 1 is 0.975 bits per heavy atom. The molecule has 0 amide bonds. The number of rotatable bonds is 2. The zero-order valence-corrected chi connectivity index (χ0v) is 24.6. The molecular weight excluding hydrogens is 516 g/mol. The van der Waals surface area contributed by atoms with E-state index in [0.29, 0.717) is 12.8 Å². The standard InChI is InChI=1S/C31H40O9/c1-15(32)36-19-13-18-26(2,3)21(33)20-23(39-27(4,5)38-20)29(18,7)17-9-11-28(6)22(16-10-12-35-14-16)37-25(34)24-31(28,40-24)30(17,19)8/h10,12,14,17-20,22-24H,9,11,13H2,1-8H3/t17?,18?,19-,20?,22+,23?,24-,28+,29-,30+,31-/m1/s1. The van der Waals surface area contributed by atoms with Gasteiger partial charge in [0.1, 0.15) is 30.0 Å². The van der Waals surface area contributed by atoms with E-state index in [2.05, 4.69) is 20.8 Å². The van der Waals surface area contributed by atoms with Crippen LogP contribution in [0.25, 0.3) is 0 Å². The first-order valence-electron chi connectivity index (χ1n) is 14.5. The highest BCUT2D eigenvalue weighted by molar-refractivity contribution is 5.91. The van der Waals surface area contributed by atoms with E-state index in [0.717, 1.165) is 12.0 Å². The van der Waals surface area contributed by atoms with Gasteiger partial charge in [-0.2, -0.15) is 0 Å². The Morgan fingerprint density at radius 3 is 2.35 bits per heavy atom. The third-order valence-corrected chi connectivity index (χ3v) is 12.2. The van der Waals surface area contributed by atoms with Gasteiger partial charge in [-0.05, 0) is 51.0 Å². The number of hydrogen-bond donors (Lipinski definition) is 0. The summed E-state index contributed by atoms with van der Waals surface area (Å²) in [6.07, 6.45) is 2.03. The molecule has 1 aromatic rings. The SMILES string of the molecule is CC(=O)O[C@@H]1CC2C(C)(C)C(=O)C3OC(C)(C)OC3[C@]2(C)C2CC[C@@]3(C)[C@H](c4ccoc4)OC(=O)[C@H]4O[C@]43[C@@]21C. The fourth-order valence-electron chi connectivity index (χ4n) is 10.7. The molecule has 0 bridgehead atoms. The van der Waals surface area contributed by atoms with Crippen LogP contribution in [-0.2, 0) is 38.1 Å². The highest BCUT2D eigenvalue weighted by atomic mass is 16.8. The predicted octanol–water partition coefficient (Wildman–Crippen LogP) is 4.52. The van der Waals surface area contributed by atoms with Gasteiger partial charge in [-0.15, -0.1) is 0 Å². The molecule has 1 aromatic heterocycles. The second-order valence-electron chi connectivity index (χ2n) is 14.7. The lowest BCUT2D eigenvalue weighted by atomic mass is 9.34. The monoisotopic (exact) mass is 556 g/mol. The molecule has 4 heterocycles. The summed E-state index contributed by atoms with van der Waals surface area (Å²) in [5, 5.41) is 0. The summed E-state index contributed by atoms with van der Waals surface area (Å²) in [6, 6.07) is 1.83. The van der Waals surface area contributed by atoms with E-state index >= 15 is 0 Å². The lowest BCUT2D eigenvalue weighted by molar-refractivity contribution is -0.284. The van der Waals surface area contributed by atoms with Crippen LogP contribution in [0.15, 0.2) is 23.0 Å². The van der Waals surface area contributed by atoms with Crippen LogP contribution in [0, 0.1) is 33.5 Å². The molecule has 3 aliphatic heterocycles. The van der Waals surface area contributed by atoms with Crippen LogP contribution in [0.1, 0.15) is 86.3 Å². The van der Waals surface area contributed by atoms with Crippen molar-refractivity contribution in [1.29, 1.82) is 0 Å². The van der Waals surface area contributed by atoms with Crippen molar-refractivity contribution >= 4 is 17.7 Å². The van der Waals surface area contributed by atoms with Crippen LogP contribution in [0.2, 0.25) is 0 Å². The van der Waals surface area contributed by atoms with Crippen LogP contribution in [0.4, 0.5) is 0 Å². The molecule has 3 aliphatic carbocycles. The van der Waals surface area contributed by atoms with Gasteiger partial charge in [0, 0.05) is 34.1 Å². The number of furan rings is 1. The number of ketones is 1. The molecular formula is C31H40O9. The van der Waals surface area contributed by atoms with Crippen molar-refractivity contribution in [2.24, 2.45) is 33.5 Å². The lowest BCUT2D eigenvalue weighted by Gasteiger charge is -2.70. The second-order valence-corrected chi connectivity index (χ2v) is 14.7. The third kappa shape index (κ3) is 2.82. The molecule has 6 fully saturated rings. The summed E-state index contributed by atoms with van der Waals surface area (Å²) >= 11 is 0. The number of Topliss-reactive ketones (excluding diaryl/α,β-unsaturated/α-hetero) is 1. The summed E-state index contributed by atoms with van der Waals surface area (Å²) < 4.78 is 37.2. The van der Waals surface area contributed by atoms with Gasteiger partial charge in [0.05, 0.1) is 12.5 Å². The van der Waals surface area contributed by atoms with E-state index in [4.69, 9.17) is 28.1 Å². The minimum Gasteiger partial charge on any atom is -0.472 e. The van der Waals surface area contributed by atoms with Crippen LogP contribution < -0.4 is 0 Å². The number of esters is 2. The van der Waals surface area contributed by atoms with Gasteiger partial charge in [-0.25, -0.2) is 4.79 Å². The topological polar surface area (TPSA) is 114 Å². The van der Waals surface area contributed by atoms with Gasteiger partial charge >= 0.3 is 11.9 Å². The maximum absolute atomic E-state index is 13.9. The Bertz CT molecular complexity index is 1300. The van der Waals surface area contributed by atoms with Crippen molar-refractivity contribution in [1.82, 2.24) is 0 Å². The van der Waals surface area contributed by atoms with Crippen molar-refractivity contribution in [3.8, 4) is 0 Å². The largest absolute Gasteiger partial charge is 0.472 e. The quantitative estimate of drug-likeness (QED) is 0.383. The molecule has 3 saturated heterocycles. The zero-order chi connectivity index (χ0) is 28.8. The summed E-state index contributed by atoms with van der Waals surface area (Å²) in [5.74, 6) is -1.93. The fraction of sp³-hybridized carbons (Fsp3) is 0.774. The summed E-state index contributed by atoms with van der Waals surface area (Å²) in [5.41, 5.74) is -2.81. The average Bonchev–Trinajstić information content (AvgIpc) is 3.26. The summed E-state index contributed by atoms with van der Waals surface area (Å²) in [7, 11) is 0.